The van der Waals surface area contributed by atoms with Gasteiger partial charge in [0, 0.05) is 10.1 Å². The highest BCUT2D eigenvalue weighted by molar-refractivity contribution is 7.23. The minimum atomic E-state index is -4.35. The highest BCUT2D eigenvalue weighted by Crippen LogP contribution is 2.42. The number of alkyl halides is 3. The fraction of sp³-hybridized carbons (Fsp3) is 0.125. The van der Waals surface area contributed by atoms with E-state index in [4.69, 9.17) is 5.73 Å². The molecule has 0 atom stereocenters. The van der Waals surface area contributed by atoms with Gasteiger partial charge >= 0.3 is 6.18 Å². The van der Waals surface area contributed by atoms with Crippen LogP contribution in [0.5, 0.6) is 0 Å². The summed E-state index contributed by atoms with van der Waals surface area (Å²) >= 11 is 1.42. The van der Waals surface area contributed by atoms with E-state index in [1.165, 1.54) is 17.4 Å². The summed E-state index contributed by atoms with van der Waals surface area (Å²) in [5.41, 5.74) is 7.58. The molecule has 108 valence electrons. The molecule has 0 aliphatic rings. The van der Waals surface area contributed by atoms with E-state index in [9.17, 15) is 13.2 Å². The van der Waals surface area contributed by atoms with Crippen molar-refractivity contribution in [2.75, 3.05) is 5.73 Å². The van der Waals surface area contributed by atoms with Crippen LogP contribution in [-0.2, 0) is 6.18 Å². The standard InChI is InChI=1S/C16H12F3NS/c1-9-5-6-12-13(7-9)21-15(14(12)20)10-3-2-4-11(8-10)16(17,18)19/h2-8H,20H2,1H3. The van der Waals surface area contributed by atoms with Gasteiger partial charge in [-0.25, -0.2) is 0 Å². The molecule has 0 aliphatic carbocycles. The van der Waals surface area contributed by atoms with Crippen LogP contribution in [0, 0.1) is 6.92 Å². The molecule has 2 aromatic carbocycles. The van der Waals surface area contributed by atoms with E-state index in [0.29, 0.717) is 16.1 Å². The summed E-state index contributed by atoms with van der Waals surface area (Å²) in [4.78, 5) is 0.682. The van der Waals surface area contributed by atoms with E-state index >= 15 is 0 Å². The van der Waals surface area contributed by atoms with Crippen molar-refractivity contribution in [2.45, 2.75) is 13.1 Å². The Balaban J connectivity index is 2.19. The monoisotopic (exact) mass is 307 g/mol. The normalized spacial score (nSPS) is 12.0. The van der Waals surface area contributed by atoms with Crippen LogP contribution in [0.2, 0.25) is 0 Å². The minimum absolute atomic E-state index is 0.501. The van der Waals surface area contributed by atoms with Gasteiger partial charge in [0.2, 0.25) is 0 Å². The molecule has 0 amide bonds. The van der Waals surface area contributed by atoms with Gasteiger partial charge in [-0.1, -0.05) is 24.3 Å². The SMILES string of the molecule is Cc1ccc2c(N)c(-c3cccc(C(F)(F)F)c3)sc2c1. The number of fused-ring (bicyclic) bond motifs is 1. The molecule has 0 fully saturated rings. The van der Waals surface area contributed by atoms with Gasteiger partial charge < -0.3 is 5.73 Å². The number of aryl methyl sites for hydroxylation is 1. The van der Waals surface area contributed by atoms with Crippen molar-refractivity contribution in [1.82, 2.24) is 0 Å². The second-order valence-electron chi connectivity index (χ2n) is 4.92. The number of nitrogens with two attached hydrogens (primary N) is 1. The molecule has 1 heterocycles. The third-order valence-electron chi connectivity index (χ3n) is 3.34. The lowest BCUT2D eigenvalue weighted by Crippen LogP contribution is -2.04. The predicted molar refractivity (Wildman–Crippen MR) is 81.4 cm³/mol. The molecule has 21 heavy (non-hydrogen) atoms. The van der Waals surface area contributed by atoms with Crippen molar-refractivity contribution in [3.63, 3.8) is 0 Å². The second kappa shape index (κ2) is 4.77. The number of anilines is 1. The first-order chi connectivity index (χ1) is 9.86. The number of nitrogen functional groups attached to an aromatic ring is 1. The maximum atomic E-state index is 12.8. The summed E-state index contributed by atoms with van der Waals surface area (Å²) in [5.74, 6) is 0. The zero-order valence-electron chi connectivity index (χ0n) is 11.2. The Morgan fingerprint density at radius 3 is 2.52 bits per heavy atom. The molecule has 3 aromatic rings. The average Bonchev–Trinajstić information content (AvgIpc) is 2.74. The maximum absolute atomic E-state index is 12.8. The van der Waals surface area contributed by atoms with E-state index in [0.717, 1.165) is 27.8 Å². The average molecular weight is 307 g/mol. The van der Waals surface area contributed by atoms with Crippen molar-refractivity contribution >= 4 is 27.1 Å². The fourth-order valence-electron chi connectivity index (χ4n) is 2.27. The Morgan fingerprint density at radius 1 is 1.05 bits per heavy atom. The molecule has 0 saturated carbocycles. The summed E-state index contributed by atoms with van der Waals surface area (Å²) in [7, 11) is 0. The molecule has 0 bridgehead atoms. The molecule has 1 nitrogen and oxygen atoms in total. The molecule has 0 unspecified atom stereocenters. The molecule has 0 radical (unpaired) electrons. The molecule has 5 heteroatoms. The summed E-state index contributed by atoms with van der Waals surface area (Å²) < 4.78 is 39.4. The molecular weight excluding hydrogens is 295 g/mol. The van der Waals surface area contributed by atoms with Crippen LogP contribution in [0.4, 0.5) is 18.9 Å². The Bertz CT molecular complexity index is 818. The number of benzene rings is 2. The van der Waals surface area contributed by atoms with Gasteiger partial charge in [0.05, 0.1) is 16.1 Å². The third kappa shape index (κ3) is 2.49. The molecule has 0 aliphatic heterocycles. The molecule has 3 rings (SSSR count). The van der Waals surface area contributed by atoms with Gasteiger partial charge in [-0.15, -0.1) is 11.3 Å². The number of halogens is 3. The van der Waals surface area contributed by atoms with Crippen molar-refractivity contribution in [3.05, 3.63) is 53.6 Å². The van der Waals surface area contributed by atoms with Crippen LogP contribution < -0.4 is 5.73 Å². The van der Waals surface area contributed by atoms with Crippen LogP contribution >= 0.6 is 11.3 Å². The Hall–Kier alpha value is -2.01. The lowest BCUT2D eigenvalue weighted by molar-refractivity contribution is -0.137. The van der Waals surface area contributed by atoms with Gasteiger partial charge in [0.15, 0.2) is 0 Å². The molecule has 1 aromatic heterocycles. The van der Waals surface area contributed by atoms with E-state index < -0.39 is 11.7 Å². The summed E-state index contributed by atoms with van der Waals surface area (Å²) in [5, 5.41) is 0.887. The molecule has 0 saturated heterocycles. The zero-order valence-corrected chi connectivity index (χ0v) is 12.0. The largest absolute Gasteiger partial charge is 0.416 e. The first-order valence-corrected chi connectivity index (χ1v) is 7.14. The first-order valence-electron chi connectivity index (χ1n) is 6.32. The van der Waals surface area contributed by atoms with Crippen LogP contribution in [0.1, 0.15) is 11.1 Å². The van der Waals surface area contributed by atoms with Crippen LogP contribution in [0.15, 0.2) is 42.5 Å². The van der Waals surface area contributed by atoms with Crippen molar-refractivity contribution in [1.29, 1.82) is 0 Å². The van der Waals surface area contributed by atoms with E-state index in [1.54, 1.807) is 6.07 Å². The minimum Gasteiger partial charge on any atom is -0.397 e. The van der Waals surface area contributed by atoms with Crippen molar-refractivity contribution < 1.29 is 13.2 Å². The molecular formula is C16H12F3NS. The van der Waals surface area contributed by atoms with Crippen molar-refractivity contribution in [2.24, 2.45) is 0 Å². The van der Waals surface area contributed by atoms with Gasteiger partial charge in [-0.3, -0.25) is 0 Å². The van der Waals surface area contributed by atoms with E-state index in [-0.39, 0.29) is 0 Å². The lowest BCUT2D eigenvalue weighted by atomic mass is 10.1. The third-order valence-corrected chi connectivity index (χ3v) is 4.55. The summed E-state index contributed by atoms with van der Waals surface area (Å²) in [6.07, 6.45) is -4.35. The highest BCUT2D eigenvalue weighted by atomic mass is 32.1. The smallest absolute Gasteiger partial charge is 0.397 e. The van der Waals surface area contributed by atoms with Gasteiger partial charge in [-0.2, -0.15) is 13.2 Å². The summed E-state index contributed by atoms with van der Waals surface area (Å²) in [6.45, 7) is 1.97. The summed E-state index contributed by atoms with van der Waals surface area (Å²) in [6, 6.07) is 11.1. The Kier molecular flexibility index (Phi) is 3.17. The number of thiophene rings is 1. The number of rotatable bonds is 1. The second-order valence-corrected chi connectivity index (χ2v) is 5.98. The topological polar surface area (TPSA) is 26.0 Å². The lowest BCUT2D eigenvalue weighted by Gasteiger charge is -2.08. The van der Waals surface area contributed by atoms with E-state index in [1.807, 2.05) is 25.1 Å². The predicted octanol–water partition coefficient (Wildman–Crippen LogP) is 5.48. The fourth-order valence-corrected chi connectivity index (χ4v) is 3.49. The number of hydrogen-bond acceptors (Lipinski definition) is 2. The van der Waals surface area contributed by atoms with Crippen molar-refractivity contribution in [3.8, 4) is 10.4 Å². The van der Waals surface area contributed by atoms with Gasteiger partial charge in [-0.05, 0) is 36.2 Å². The quantitative estimate of drug-likeness (QED) is 0.633. The Labute approximate surface area is 123 Å². The first kappa shape index (κ1) is 13.9. The number of hydrogen-bond donors (Lipinski definition) is 1. The van der Waals surface area contributed by atoms with E-state index in [2.05, 4.69) is 0 Å². The van der Waals surface area contributed by atoms with Crippen LogP contribution in [-0.4, -0.2) is 0 Å². The molecule has 2 N–H and O–H groups in total. The van der Waals surface area contributed by atoms with Gasteiger partial charge in [0.1, 0.15) is 0 Å². The van der Waals surface area contributed by atoms with Gasteiger partial charge in [0.25, 0.3) is 0 Å². The highest BCUT2D eigenvalue weighted by Gasteiger charge is 2.30. The van der Waals surface area contributed by atoms with Crippen LogP contribution in [0.3, 0.4) is 0 Å². The van der Waals surface area contributed by atoms with Crippen LogP contribution in [0.25, 0.3) is 20.5 Å². The zero-order chi connectivity index (χ0) is 15.2. The molecule has 0 spiro atoms. The Morgan fingerprint density at radius 2 is 1.81 bits per heavy atom. The maximum Gasteiger partial charge on any atom is 0.416 e.